The van der Waals surface area contributed by atoms with E-state index in [0.717, 1.165) is 0 Å². The third kappa shape index (κ3) is 2.88. The number of nitrogens with zero attached hydrogens (tertiary/aromatic N) is 2. The van der Waals surface area contributed by atoms with Crippen LogP contribution >= 0.6 is 0 Å². The van der Waals surface area contributed by atoms with Crippen molar-refractivity contribution in [1.29, 1.82) is 0 Å². The number of aliphatic hydroxyl groups excluding tert-OH is 1. The average molecular weight is 212 g/mol. The molecule has 1 aromatic heterocycles. The Labute approximate surface area is 86.7 Å². The Morgan fingerprint density at radius 3 is 2.80 bits per heavy atom. The lowest BCUT2D eigenvalue weighted by molar-refractivity contribution is -0.386. The van der Waals surface area contributed by atoms with E-state index in [1.54, 1.807) is 6.92 Å². The van der Waals surface area contributed by atoms with Crippen molar-refractivity contribution >= 4 is 5.69 Å². The van der Waals surface area contributed by atoms with Crippen LogP contribution in [-0.4, -0.2) is 28.2 Å². The Balaban J connectivity index is 3.10. The fourth-order valence-corrected chi connectivity index (χ4v) is 1.18. The summed E-state index contributed by atoms with van der Waals surface area (Å²) in [6, 6.07) is 2.74. The molecule has 1 N–H and O–H groups in total. The van der Waals surface area contributed by atoms with Gasteiger partial charge in [0.05, 0.1) is 18.1 Å². The summed E-state index contributed by atoms with van der Waals surface area (Å²) in [6.45, 7) is 1.55. The number of aromatic nitrogens is 1. The second-order valence-electron chi connectivity index (χ2n) is 3.13. The molecule has 0 amide bonds. The first-order chi connectivity index (χ1) is 7.04. The first-order valence-corrected chi connectivity index (χ1v) is 4.41. The standard InChI is InChI=1S/C9H12N2O4/c1-6(12)5-7-8(11(13)14)3-4-9(10-7)15-2/h3-4,6,12H,5H2,1-2H3. The zero-order valence-electron chi connectivity index (χ0n) is 8.51. The van der Waals surface area contributed by atoms with Gasteiger partial charge in [-0.15, -0.1) is 0 Å². The van der Waals surface area contributed by atoms with Crippen LogP contribution in [-0.2, 0) is 6.42 Å². The van der Waals surface area contributed by atoms with Crippen LogP contribution in [0.1, 0.15) is 12.6 Å². The molecule has 0 bridgehead atoms. The highest BCUT2D eigenvalue weighted by Gasteiger charge is 2.17. The number of nitro groups is 1. The van der Waals surface area contributed by atoms with Gasteiger partial charge in [-0.1, -0.05) is 0 Å². The first kappa shape index (κ1) is 11.4. The van der Waals surface area contributed by atoms with Crippen LogP contribution in [0.4, 0.5) is 5.69 Å². The molecular formula is C9H12N2O4. The molecule has 15 heavy (non-hydrogen) atoms. The molecule has 0 aromatic carbocycles. The Morgan fingerprint density at radius 1 is 1.67 bits per heavy atom. The van der Waals surface area contributed by atoms with Crippen molar-refractivity contribution in [3.63, 3.8) is 0 Å². The van der Waals surface area contributed by atoms with E-state index in [1.807, 2.05) is 0 Å². The third-order valence-corrected chi connectivity index (χ3v) is 1.82. The Bertz CT molecular complexity index is 365. The van der Waals surface area contributed by atoms with Gasteiger partial charge in [-0.2, -0.15) is 0 Å². The highest BCUT2D eigenvalue weighted by Crippen LogP contribution is 2.21. The Hall–Kier alpha value is -1.69. The molecular weight excluding hydrogens is 200 g/mol. The maximum absolute atomic E-state index is 10.6. The van der Waals surface area contributed by atoms with Gasteiger partial charge in [0.1, 0.15) is 5.69 Å². The van der Waals surface area contributed by atoms with Crippen LogP contribution in [0.2, 0.25) is 0 Å². The normalized spacial score (nSPS) is 12.2. The van der Waals surface area contributed by atoms with Gasteiger partial charge in [0, 0.05) is 18.6 Å². The SMILES string of the molecule is COc1ccc([N+](=O)[O-])c(CC(C)O)n1. The van der Waals surface area contributed by atoms with Crippen LogP contribution in [0.15, 0.2) is 12.1 Å². The molecule has 0 saturated heterocycles. The van der Waals surface area contributed by atoms with Crippen LogP contribution in [0.5, 0.6) is 5.88 Å². The molecule has 0 radical (unpaired) electrons. The van der Waals surface area contributed by atoms with E-state index in [1.165, 1.54) is 19.2 Å². The van der Waals surface area contributed by atoms with Crippen molar-refractivity contribution in [2.45, 2.75) is 19.4 Å². The zero-order chi connectivity index (χ0) is 11.4. The van der Waals surface area contributed by atoms with E-state index in [2.05, 4.69) is 4.98 Å². The summed E-state index contributed by atoms with van der Waals surface area (Å²) >= 11 is 0. The van der Waals surface area contributed by atoms with Crippen molar-refractivity contribution in [3.8, 4) is 5.88 Å². The summed E-state index contributed by atoms with van der Waals surface area (Å²) in [4.78, 5) is 14.1. The summed E-state index contributed by atoms with van der Waals surface area (Å²) in [7, 11) is 1.43. The van der Waals surface area contributed by atoms with E-state index in [0.29, 0.717) is 5.88 Å². The van der Waals surface area contributed by atoms with E-state index in [9.17, 15) is 15.2 Å². The van der Waals surface area contributed by atoms with Crippen molar-refractivity contribution in [3.05, 3.63) is 27.9 Å². The zero-order valence-corrected chi connectivity index (χ0v) is 8.51. The molecule has 82 valence electrons. The van der Waals surface area contributed by atoms with Gasteiger partial charge < -0.3 is 9.84 Å². The van der Waals surface area contributed by atoms with Crippen molar-refractivity contribution in [2.24, 2.45) is 0 Å². The number of ether oxygens (including phenoxy) is 1. The summed E-state index contributed by atoms with van der Waals surface area (Å²) in [5, 5.41) is 19.8. The van der Waals surface area contributed by atoms with Gasteiger partial charge in [-0.3, -0.25) is 10.1 Å². The van der Waals surface area contributed by atoms with Gasteiger partial charge in [-0.05, 0) is 6.92 Å². The van der Waals surface area contributed by atoms with E-state index in [4.69, 9.17) is 4.74 Å². The second kappa shape index (κ2) is 4.70. The summed E-state index contributed by atoms with van der Waals surface area (Å²) in [6.07, 6.45) is -0.545. The topological polar surface area (TPSA) is 85.5 Å². The molecule has 1 rings (SSSR count). The molecule has 0 saturated carbocycles. The van der Waals surface area contributed by atoms with E-state index in [-0.39, 0.29) is 17.8 Å². The molecule has 0 aliphatic heterocycles. The van der Waals surface area contributed by atoms with Crippen molar-refractivity contribution < 1.29 is 14.8 Å². The van der Waals surface area contributed by atoms with E-state index >= 15 is 0 Å². The summed E-state index contributed by atoms with van der Waals surface area (Å²) in [5.74, 6) is 0.302. The monoisotopic (exact) mass is 212 g/mol. The largest absolute Gasteiger partial charge is 0.481 e. The highest BCUT2D eigenvalue weighted by molar-refractivity contribution is 5.38. The minimum atomic E-state index is -0.677. The minimum absolute atomic E-state index is 0.100. The lowest BCUT2D eigenvalue weighted by Gasteiger charge is -2.06. The number of pyridine rings is 1. The maximum atomic E-state index is 10.6. The maximum Gasteiger partial charge on any atom is 0.291 e. The summed E-state index contributed by atoms with van der Waals surface area (Å²) < 4.78 is 4.86. The van der Waals surface area contributed by atoms with Crippen molar-refractivity contribution in [1.82, 2.24) is 4.98 Å². The van der Waals surface area contributed by atoms with Gasteiger partial charge >= 0.3 is 0 Å². The first-order valence-electron chi connectivity index (χ1n) is 4.41. The van der Waals surface area contributed by atoms with E-state index < -0.39 is 11.0 Å². The van der Waals surface area contributed by atoms with Gasteiger partial charge in [-0.25, -0.2) is 4.98 Å². The molecule has 6 heteroatoms. The predicted molar refractivity (Wildman–Crippen MR) is 52.8 cm³/mol. The predicted octanol–water partition coefficient (Wildman–Crippen LogP) is 0.922. The lowest BCUT2D eigenvalue weighted by Crippen LogP contribution is -2.09. The Kier molecular flexibility index (Phi) is 3.56. The molecule has 0 aliphatic carbocycles. The smallest absolute Gasteiger partial charge is 0.291 e. The number of rotatable bonds is 4. The fourth-order valence-electron chi connectivity index (χ4n) is 1.18. The van der Waals surface area contributed by atoms with Crippen molar-refractivity contribution in [2.75, 3.05) is 7.11 Å². The highest BCUT2D eigenvalue weighted by atomic mass is 16.6. The minimum Gasteiger partial charge on any atom is -0.481 e. The third-order valence-electron chi connectivity index (χ3n) is 1.82. The summed E-state index contributed by atoms with van der Waals surface area (Å²) in [5.41, 5.74) is 0.131. The number of hydrogen-bond acceptors (Lipinski definition) is 5. The van der Waals surface area contributed by atoms with Crippen LogP contribution in [0, 0.1) is 10.1 Å². The number of aliphatic hydroxyl groups is 1. The molecule has 1 atom stereocenters. The van der Waals surface area contributed by atoms with Gasteiger partial charge in [0.25, 0.3) is 5.69 Å². The molecule has 0 aliphatic rings. The Morgan fingerprint density at radius 2 is 2.33 bits per heavy atom. The van der Waals surface area contributed by atoms with Crippen LogP contribution < -0.4 is 4.74 Å². The lowest BCUT2D eigenvalue weighted by atomic mass is 10.2. The second-order valence-corrected chi connectivity index (χ2v) is 3.13. The van der Waals surface area contributed by atoms with Crippen LogP contribution in [0.3, 0.4) is 0 Å². The average Bonchev–Trinajstić information content (AvgIpc) is 2.16. The quantitative estimate of drug-likeness (QED) is 0.592. The fraction of sp³-hybridized carbons (Fsp3) is 0.444. The molecule has 6 nitrogen and oxygen atoms in total. The van der Waals surface area contributed by atoms with Gasteiger partial charge in [0.15, 0.2) is 0 Å². The number of hydrogen-bond donors (Lipinski definition) is 1. The molecule has 1 aromatic rings. The molecule has 0 spiro atoms. The molecule has 0 fully saturated rings. The van der Waals surface area contributed by atoms with Crippen LogP contribution in [0.25, 0.3) is 0 Å². The molecule has 1 heterocycles. The number of methoxy groups -OCH3 is 1. The van der Waals surface area contributed by atoms with Gasteiger partial charge in [0.2, 0.25) is 5.88 Å². The molecule has 1 unspecified atom stereocenters.